The molecule has 1 aromatic heterocycles. The molecule has 0 saturated heterocycles. The maximum absolute atomic E-state index is 12.6. The molecule has 0 spiro atoms. The second-order valence-electron chi connectivity index (χ2n) is 2.45. The molecule has 0 fully saturated rings. The van der Waals surface area contributed by atoms with Gasteiger partial charge in [0.2, 0.25) is 0 Å². The average Bonchev–Trinajstić information content (AvgIpc) is 2.15. The minimum Gasteiger partial charge on any atom is -0.298 e. The highest BCUT2D eigenvalue weighted by Crippen LogP contribution is 2.27. The molecule has 1 aromatic rings. The zero-order valence-corrected chi connectivity index (χ0v) is 10.5. The van der Waals surface area contributed by atoms with Crippen LogP contribution in [0, 0.1) is 3.70 Å². The van der Waals surface area contributed by atoms with E-state index in [2.05, 4.69) is 20.9 Å². The van der Waals surface area contributed by atoms with Gasteiger partial charge in [0.15, 0.2) is 6.29 Å². The molecule has 0 aromatic carbocycles. The maximum atomic E-state index is 12.6. The molecule has 0 aliphatic rings. The number of aldehydes is 1. The Bertz CT molecular complexity index is 359. The van der Waals surface area contributed by atoms with Gasteiger partial charge in [0.25, 0.3) is 6.43 Å². The highest BCUT2D eigenvalue weighted by molar-refractivity contribution is 14.1. The van der Waals surface area contributed by atoms with Gasteiger partial charge in [-0.05, 0) is 28.7 Å². The molecule has 0 unspecified atom stereocenters. The predicted octanol–water partition coefficient (Wildman–Crippen LogP) is 3.33. The zero-order valence-electron chi connectivity index (χ0n) is 6.81. The van der Waals surface area contributed by atoms with Crippen molar-refractivity contribution in [2.24, 2.45) is 0 Å². The minimum absolute atomic E-state index is 0.00819. The lowest BCUT2D eigenvalue weighted by Crippen LogP contribution is -2.03. The van der Waals surface area contributed by atoms with Crippen molar-refractivity contribution in [1.29, 1.82) is 0 Å². The van der Waals surface area contributed by atoms with E-state index in [1.54, 1.807) is 0 Å². The number of rotatable bonds is 3. The van der Waals surface area contributed by atoms with Gasteiger partial charge in [-0.2, -0.15) is 0 Å². The first-order chi connectivity index (χ1) is 6.60. The number of alkyl halides is 3. The van der Waals surface area contributed by atoms with Crippen LogP contribution in [0.2, 0.25) is 0 Å². The lowest BCUT2D eigenvalue weighted by atomic mass is 10.1. The summed E-state index contributed by atoms with van der Waals surface area (Å²) < 4.78 is 25.7. The molecule has 0 atom stereocenters. The van der Waals surface area contributed by atoms with Gasteiger partial charge in [0.05, 0.1) is 11.3 Å². The first kappa shape index (κ1) is 12.0. The Hall–Kier alpha value is -0.110. The number of carbonyl (C=O) groups excluding carboxylic acids is 1. The predicted molar refractivity (Wildman–Crippen MR) is 59.9 cm³/mol. The monoisotopic (exact) mass is 375 g/mol. The van der Waals surface area contributed by atoms with E-state index in [1.165, 1.54) is 6.07 Å². The molecule has 1 heterocycles. The van der Waals surface area contributed by atoms with Crippen molar-refractivity contribution in [2.45, 2.75) is 11.8 Å². The zero-order chi connectivity index (χ0) is 10.7. The molecule has 0 aliphatic carbocycles. The number of pyridine rings is 1. The van der Waals surface area contributed by atoms with Crippen LogP contribution in [0.1, 0.15) is 28.0 Å². The maximum Gasteiger partial charge on any atom is 0.266 e. The number of hydrogen-bond acceptors (Lipinski definition) is 2. The number of hydrogen-bond donors (Lipinski definition) is 0. The van der Waals surface area contributed by atoms with Crippen molar-refractivity contribution in [2.75, 3.05) is 0 Å². The van der Waals surface area contributed by atoms with Gasteiger partial charge in [0.1, 0.15) is 3.70 Å². The van der Waals surface area contributed by atoms with Crippen LogP contribution >= 0.6 is 38.5 Å². The van der Waals surface area contributed by atoms with Crippen molar-refractivity contribution in [3.63, 3.8) is 0 Å². The van der Waals surface area contributed by atoms with Crippen molar-refractivity contribution in [3.8, 4) is 0 Å². The van der Waals surface area contributed by atoms with Crippen LogP contribution in [0.3, 0.4) is 0 Å². The first-order valence-electron chi connectivity index (χ1n) is 3.58. The molecule has 0 amide bonds. The standard InChI is InChI=1S/C8H5BrF2INO/c9-2-5-7(8(10)11)4(3-14)1-6(12)13-5/h1,3,8H,2H2. The topological polar surface area (TPSA) is 30.0 Å². The van der Waals surface area contributed by atoms with E-state index in [-0.39, 0.29) is 22.2 Å². The molecule has 1 rings (SSSR count). The Morgan fingerprint density at radius 1 is 1.64 bits per heavy atom. The van der Waals surface area contributed by atoms with Gasteiger partial charge in [-0.3, -0.25) is 4.79 Å². The molecule has 0 bridgehead atoms. The second-order valence-corrected chi connectivity index (χ2v) is 4.11. The fourth-order valence-corrected chi connectivity index (χ4v) is 2.10. The summed E-state index contributed by atoms with van der Waals surface area (Å²) in [5.41, 5.74) is -0.0554. The van der Waals surface area contributed by atoms with Crippen LogP contribution in [-0.4, -0.2) is 11.3 Å². The summed E-state index contributed by atoms with van der Waals surface area (Å²) >= 11 is 4.94. The third kappa shape index (κ3) is 2.47. The van der Waals surface area contributed by atoms with Crippen LogP contribution in [0.25, 0.3) is 0 Å². The average molecular weight is 376 g/mol. The summed E-state index contributed by atoms with van der Waals surface area (Å²) in [6, 6.07) is 1.35. The van der Waals surface area contributed by atoms with Crippen molar-refractivity contribution in [1.82, 2.24) is 4.98 Å². The van der Waals surface area contributed by atoms with E-state index in [9.17, 15) is 13.6 Å². The SMILES string of the molecule is O=Cc1cc(I)nc(CBr)c1C(F)F. The summed E-state index contributed by atoms with van der Waals surface area (Å²) in [4.78, 5) is 14.5. The smallest absolute Gasteiger partial charge is 0.266 e. The molecule has 0 aliphatic heterocycles. The highest BCUT2D eigenvalue weighted by Gasteiger charge is 2.19. The minimum atomic E-state index is -2.67. The highest BCUT2D eigenvalue weighted by atomic mass is 127. The molecule has 14 heavy (non-hydrogen) atoms. The van der Waals surface area contributed by atoms with Crippen LogP contribution in [0.5, 0.6) is 0 Å². The second kappa shape index (κ2) is 5.11. The van der Waals surface area contributed by atoms with E-state index >= 15 is 0 Å². The number of halogens is 4. The molecular weight excluding hydrogens is 371 g/mol. The Balaban J connectivity index is 3.40. The van der Waals surface area contributed by atoms with Gasteiger partial charge in [-0.1, -0.05) is 15.9 Å². The largest absolute Gasteiger partial charge is 0.298 e. The molecule has 6 heteroatoms. The molecule has 0 saturated carbocycles. The summed E-state index contributed by atoms with van der Waals surface area (Å²) in [7, 11) is 0. The quantitative estimate of drug-likeness (QED) is 0.351. The fraction of sp³-hybridized carbons (Fsp3) is 0.250. The first-order valence-corrected chi connectivity index (χ1v) is 5.78. The van der Waals surface area contributed by atoms with Gasteiger partial charge in [-0.25, -0.2) is 13.8 Å². The van der Waals surface area contributed by atoms with Crippen molar-refractivity contribution >= 4 is 44.8 Å². The Labute approximate surface area is 101 Å². The summed E-state index contributed by atoms with van der Waals surface area (Å²) in [5, 5.41) is 0.213. The third-order valence-corrected chi connectivity index (χ3v) is 2.69. The van der Waals surface area contributed by atoms with Crippen LogP contribution in [0.4, 0.5) is 8.78 Å². The normalized spacial score (nSPS) is 10.6. The van der Waals surface area contributed by atoms with Crippen LogP contribution in [0.15, 0.2) is 6.07 Å². The van der Waals surface area contributed by atoms with E-state index in [1.807, 2.05) is 22.6 Å². The number of aromatic nitrogens is 1. The van der Waals surface area contributed by atoms with E-state index in [0.717, 1.165) is 0 Å². The molecule has 76 valence electrons. The van der Waals surface area contributed by atoms with Crippen molar-refractivity contribution in [3.05, 3.63) is 26.6 Å². The number of nitrogens with zero attached hydrogens (tertiary/aromatic N) is 1. The van der Waals surface area contributed by atoms with Gasteiger partial charge in [-0.15, -0.1) is 0 Å². The molecule has 2 nitrogen and oxygen atoms in total. The van der Waals surface area contributed by atoms with Crippen molar-refractivity contribution < 1.29 is 13.6 Å². The van der Waals surface area contributed by atoms with E-state index < -0.39 is 6.43 Å². The van der Waals surface area contributed by atoms with Gasteiger partial charge in [0, 0.05) is 10.9 Å². The third-order valence-electron chi connectivity index (χ3n) is 1.61. The van der Waals surface area contributed by atoms with E-state index in [4.69, 9.17) is 0 Å². The van der Waals surface area contributed by atoms with E-state index in [0.29, 0.717) is 9.99 Å². The molecular formula is C8H5BrF2INO. The van der Waals surface area contributed by atoms with Gasteiger partial charge >= 0.3 is 0 Å². The summed E-state index contributed by atoms with van der Waals surface area (Å²) in [5.74, 6) is 0. The lowest BCUT2D eigenvalue weighted by molar-refractivity contribution is 0.110. The fourth-order valence-electron chi connectivity index (χ4n) is 1.05. The Morgan fingerprint density at radius 3 is 2.71 bits per heavy atom. The summed E-state index contributed by atoms with van der Waals surface area (Å²) in [6.45, 7) is 0. The summed E-state index contributed by atoms with van der Waals surface area (Å²) in [6.07, 6.45) is -2.25. The lowest BCUT2D eigenvalue weighted by Gasteiger charge is -2.08. The van der Waals surface area contributed by atoms with Gasteiger partial charge < -0.3 is 0 Å². The van der Waals surface area contributed by atoms with Crippen LogP contribution < -0.4 is 0 Å². The number of carbonyl (C=O) groups is 1. The molecule has 0 N–H and O–H groups in total. The Morgan fingerprint density at radius 2 is 2.29 bits per heavy atom. The Kier molecular flexibility index (Phi) is 4.36. The van der Waals surface area contributed by atoms with Crippen LogP contribution in [-0.2, 0) is 5.33 Å². The molecule has 0 radical (unpaired) electrons.